The molecule has 1 saturated carbocycles. The lowest BCUT2D eigenvalue weighted by Gasteiger charge is -2.21. The summed E-state index contributed by atoms with van der Waals surface area (Å²) in [4.78, 5) is 0. The lowest BCUT2D eigenvalue weighted by molar-refractivity contribution is 0.245. The quantitative estimate of drug-likeness (QED) is 0.776. The van der Waals surface area contributed by atoms with Crippen molar-refractivity contribution >= 4 is 0 Å². The molecule has 0 amide bonds. The van der Waals surface area contributed by atoms with Crippen molar-refractivity contribution in [3.8, 4) is 11.5 Å². The van der Waals surface area contributed by atoms with E-state index in [1.807, 2.05) is 0 Å². The number of ether oxygens (including phenoxy) is 2. The van der Waals surface area contributed by atoms with Gasteiger partial charge in [0.25, 0.3) is 0 Å². The van der Waals surface area contributed by atoms with Crippen LogP contribution in [0.1, 0.15) is 37.3 Å². The van der Waals surface area contributed by atoms with Crippen molar-refractivity contribution in [3.05, 3.63) is 23.3 Å². The Balaban J connectivity index is 1.97. The number of hydrogen-bond donors (Lipinski definition) is 0. The summed E-state index contributed by atoms with van der Waals surface area (Å²) >= 11 is 0. The van der Waals surface area contributed by atoms with Gasteiger partial charge in [-0.3, -0.25) is 0 Å². The molecule has 1 aliphatic carbocycles. The van der Waals surface area contributed by atoms with Crippen molar-refractivity contribution in [2.45, 2.75) is 45.1 Å². The van der Waals surface area contributed by atoms with Crippen molar-refractivity contribution < 1.29 is 9.47 Å². The molecule has 0 unspecified atom stereocenters. The molecular formula is C14H18O2. The SMILES string of the molecule is CCc1cc2c(c(OC3CC3)c1)OCCC2. The van der Waals surface area contributed by atoms with Gasteiger partial charge in [0.1, 0.15) is 0 Å². The second-order valence-electron chi connectivity index (χ2n) is 4.70. The van der Waals surface area contributed by atoms with Gasteiger partial charge in [0.15, 0.2) is 11.5 Å². The van der Waals surface area contributed by atoms with Crippen molar-refractivity contribution in [2.24, 2.45) is 0 Å². The first-order chi connectivity index (χ1) is 7.86. The fourth-order valence-electron chi connectivity index (χ4n) is 2.17. The number of fused-ring (bicyclic) bond motifs is 1. The van der Waals surface area contributed by atoms with Gasteiger partial charge < -0.3 is 9.47 Å². The highest BCUT2D eigenvalue weighted by Crippen LogP contribution is 2.39. The Morgan fingerprint density at radius 1 is 1.38 bits per heavy atom. The zero-order chi connectivity index (χ0) is 11.0. The van der Waals surface area contributed by atoms with Gasteiger partial charge in [-0.05, 0) is 49.3 Å². The van der Waals surface area contributed by atoms with Crippen LogP contribution in [0.2, 0.25) is 0 Å². The fourth-order valence-corrected chi connectivity index (χ4v) is 2.17. The Bertz CT molecular complexity index is 394. The first-order valence-corrected chi connectivity index (χ1v) is 6.32. The lowest BCUT2D eigenvalue weighted by atomic mass is 10.0. The van der Waals surface area contributed by atoms with Gasteiger partial charge in [0.2, 0.25) is 0 Å². The third-order valence-electron chi connectivity index (χ3n) is 3.25. The van der Waals surface area contributed by atoms with Crippen molar-refractivity contribution in [1.82, 2.24) is 0 Å². The van der Waals surface area contributed by atoms with E-state index in [4.69, 9.17) is 9.47 Å². The second-order valence-corrected chi connectivity index (χ2v) is 4.70. The number of rotatable bonds is 3. The molecule has 2 heteroatoms. The minimum absolute atomic E-state index is 0.446. The summed E-state index contributed by atoms with van der Waals surface area (Å²) in [6.45, 7) is 3.02. The highest BCUT2D eigenvalue weighted by Gasteiger charge is 2.26. The third kappa shape index (κ3) is 1.89. The maximum atomic E-state index is 5.94. The van der Waals surface area contributed by atoms with Gasteiger partial charge in [0.05, 0.1) is 12.7 Å². The lowest BCUT2D eigenvalue weighted by Crippen LogP contribution is -2.11. The molecule has 0 N–H and O–H groups in total. The van der Waals surface area contributed by atoms with Crippen LogP contribution < -0.4 is 9.47 Å². The maximum Gasteiger partial charge on any atom is 0.164 e. The van der Waals surface area contributed by atoms with Gasteiger partial charge >= 0.3 is 0 Å². The van der Waals surface area contributed by atoms with Crippen LogP contribution >= 0.6 is 0 Å². The van der Waals surface area contributed by atoms with E-state index in [9.17, 15) is 0 Å². The van der Waals surface area contributed by atoms with Crippen LogP contribution in [0.25, 0.3) is 0 Å². The van der Waals surface area contributed by atoms with E-state index in [-0.39, 0.29) is 0 Å². The smallest absolute Gasteiger partial charge is 0.164 e. The standard InChI is InChI=1S/C14H18O2/c1-2-10-8-11-4-3-7-15-14(11)13(9-10)16-12-5-6-12/h8-9,12H,2-7H2,1H3. The summed E-state index contributed by atoms with van der Waals surface area (Å²) in [5.41, 5.74) is 2.70. The molecule has 86 valence electrons. The minimum Gasteiger partial charge on any atom is -0.489 e. The third-order valence-corrected chi connectivity index (χ3v) is 3.25. The maximum absolute atomic E-state index is 5.94. The first kappa shape index (κ1) is 10.0. The molecule has 16 heavy (non-hydrogen) atoms. The predicted molar refractivity (Wildman–Crippen MR) is 63.3 cm³/mol. The first-order valence-electron chi connectivity index (χ1n) is 6.32. The van der Waals surface area contributed by atoms with Crippen LogP contribution in [-0.4, -0.2) is 12.7 Å². The van der Waals surface area contributed by atoms with Crippen molar-refractivity contribution in [3.63, 3.8) is 0 Å². The van der Waals surface area contributed by atoms with Crippen LogP contribution in [0, 0.1) is 0 Å². The zero-order valence-corrected chi connectivity index (χ0v) is 9.79. The minimum atomic E-state index is 0.446. The Kier molecular flexibility index (Phi) is 2.50. The molecule has 0 saturated heterocycles. The fraction of sp³-hybridized carbons (Fsp3) is 0.571. The average molecular weight is 218 g/mol. The molecule has 0 radical (unpaired) electrons. The molecule has 2 nitrogen and oxygen atoms in total. The summed E-state index contributed by atoms with van der Waals surface area (Å²) in [7, 11) is 0. The average Bonchev–Trinajstić information content (AvgIpc) is 3.13. The largest absolute Gasteiger partial charge is 0.489 e. The Morgan fingerprint density at radius 2 is 2.25 bits per heavy atom. The van der Waals surface area contributed by atoms with Crippen LogP contribution in [0.15, 0.2) is 12.1 Å². The van der Waals surface area contributed by atoms with E-state index in [2.05, 4.69) is 19.1 Å². The highest BCUT2D eigenvalue weighted by atomic mass is 16.5. The molecule has 1 fully saturated rings. The van der Waals surface area contributed by atoms with E-state index in [1.165, 1.54) is 24.0 Å². The monoisotopic (exact) mass is 218 g/mol. The number of aryl methyl sites for hydroxylation is 2. The summed E-state index contributed by atoms with van der Waals surface area (Å²) in [5.74, 6) is 1.99. The molecule has 0 spiro atoms. The Morgan fingerprint density at radius 3 is 3.00 bits per heavy atom. The van der Waals surface area contributed by atoms with Crippen LogP contribution in [0.5, 0.6) is 11.5 Å². The van der Waals surface area contributed by atoms with Crippen molar-refractivity contribution in [2.75, 3.05) is 6.61 Å². The van der Waals surface area contributed by atoms with Crippen LogP contribution in [0.3, 0.4) is 0 Å². The Hall–Kier alpha value is -1.18. The molecule has 1 aromatic rings. The molecule has 1 aliphatic heterocycles. The van der Waals surface area contributed by atoms with E-state index in [1.54, 1.807) is 0 Å². The molecular weight excluding hydrogens is 200 g/mol. The molecule has 0 aromatic heterocycles. The second kappa shape index (κ2) is 4.00. The van der Waals surface area contributed by atoms with Crippen molar-refractivity contribution in [1.29, 1.82) is 0 Å². The Labute approximate surface area is 96.6 Å². The van der Waals surface area contributed by atoms with Gasteiger partial charge in [0, 0.05) is 0 Å². The van der Waals surface area contributed by atoms with E-state index < -0.39 is 0 Å². The van der Waals surface area contributed by atoms with Gasteiger partial charge in [-0.15, -0.1) is 0 Å². The summed E-state index contributed by atoms with van der Waals surface area (Å²) < 4.78 is 11.7. The topological polar surface area (TPSA) is 18.5 Å². The van der Waals surface area contributed by atoms with E-state index >= 15 is 0 Å². The van der Waals surface area contributed by atoms with Crippen LogP contribution in [-0.2, 0) is 12.8 Å². The molecule has 0 bridgehead atoms. The van der Waals surface area contributed by atoms with E-state index in [0.717, 1.165) is 37.4 Å². The van der Waals surface area contributed by atoms with Gasteiger partial charge in [-0.1, -0.05) is 13.0 Å². The predicted octanol–water partition coefficient (Wildman–Crippen LogP) is 3.12. The van der Waals surface area contributed by atoms with Gasteiger partial charge in [-0.25, -0.2) is 0 Å². The zero-order valence-electron chi connectivity index (χ0n) is 9.79. The summed E-state index contributed by atoms with van der Waals surface area (Å²) in [6, 6.07) is 4.43. The molecule has 1 heterocycles. The summed E-state index contributed by atoms with van der Waals surface area (Å²) in [6.07, 6.45) is 6.17. The molecule has 1 aromatic carbocycles. The van der Waals surface area contributed by atoms with Gasteiger partial charge in [-0.2, -0.15) is 0 Å². The number of benzene rings is 1. The molecule has 2 aliphatic rings. The van der Waals surface area contributed by atoms with E-state index in [0.29, 0.717) is 6.10 Å². The normalized spacial score (nSPS) is 18.8. The van der Waals surface area contributed by atoms with Crippen LogP contribution in [0.4, 0.5) is 0 Å². The molecule has 0 atom stereocenters. The number of hydrogen-bond acceptors (Lipinski definition) is 2. The highest BCUT2D eigenvalue weighted by molar-refractivity contribution is 5.50. The molecule has 3 rings (SSSR count). The summed E-state index contributed by atoms with van der Waals surface area (Å²) in [5, 5.41) is 0.